The van der Waals surface area contributed by atoms with E-state index in [-0.39, 0.29) is 35.2 Å². The highest BCUT2D eigenvalue weighted by molar-refractivity contribution is 7.92. The van der Waals surface area contributed by atoms with Crippen LogP contribution >= 0.6 is 0 Å². The number of nitrogens with one attached hydrogen (secondary N) is 1. The SMILES string of the molecule is CCOc1ccc(S(=O)(=O)N(CC(=O)N(Cc2ccccc2F)[C@@H](Cc2ccccc2)C(=O)N[C@@H](C)CC)c2ccc(F)cc2)cc1. The molecule has 2 atom stereocenters. The van der Waals surface area contributed by atoms with Gasteiger partial charge in [0.25, 0.3) is 10.0 Å². The van der Waals surface area contributed by atoms with E-state index in [0.717, 1.165) is 22.0 Å². The van der Waals surface area contributed by atoms with E-state index in [1.54, 1.807) is 13.0 Å². The first-order chi connectivity index (χ1) is 22.5. The molecule has 0 saturated carbocycles. The van der Waals surface area contributed by atoms with Crippen molar-refractivity contribution in [1.82, 2.24) is 10.2 Å². The topological polar surface area (TPSA) is 96.0 Å². The van der Waals surface area contributed by atoms with Gasteiger partial charge in [0.15, 0.2) is 0 Å². The molecule has 248 valence electrons. The second-order valence-electron chi connectivity index (χ2n) is 11.0. The molecule has 0 aromatic heterocycles. The fourth-order valence-corrected chi connectivity index (χ4v) is 6.36. The minimum absolute atomic E-state index is 0.0307. The Balaban J connectivity index is 1.80. The van der Waals surface area contributed by atoms with Crippen molar-refractivity contribution in [3.8, 4) is 5.75 Å². The number of benzene rings is 4. The van der Waals surface area contributed by atoms with Gasteiger partial charge in [-0.3, -0.25) is 13.9 Å². The number of halogens is 2. The quantitative estimate of drug-likeness (QED) is 0.166. The lowest BCUT2D eigenvalue weighted by atomic mass is 10.0. The first-order valence-electron chi connectivity index (χ1n) is 15.4. The van der Waals surface area contributed by atoms with Crippen LogP contribution in [-0.4, -0.2) is 50.4 Å². The molecular formula is C36H39F2N3O5S. The number of hydrogen-bond acceptors (Lipinski definition) is 5. The zero-order valence-corrected chi connectivity index (χ0v) is 27.4. The highest BCUT2D eigenvalue weighted by Crippen LogP contribution is 2.27. The lowest BCUT2D eigenvalue weighted by molar-refractivity contribution is -0.140. The average molecular weight is 664 g/mol. The number of ether oxygens (including phenoxy) is 1. The lowest BCUT2D eigenvalue weighted by Gasteiger charge is -2.34. The van der Waals surface area contributed by atoms with Crippen LogP contribution in [0.5, 0.6) is 5.75 Å². The van der Waals surface area contributed by atoms with E-state index in [1.165, 1.54) is 59.5 Å². The standard InChI is InChI=1S/C36H39F2N3O5S/c1-4-26(3)39-36(43)34(23-27-11-7-6-8-12-27)40(24-28-13-9-10-14-33(28)38)35(42)25-41(30-17-15-29(37)16-18-30)47(44,45)32-21-19-31(20-22-32)46-5-2/h6-22,26,34H,4-5,23-25H2,1-3H3,(H,39,43)/t26-,34-/m0/s1. The van der Waals surface area contributed by atoms with Crippen LogP contribution < -0.4 is 14.4 Å². The van der Waals surface area contributed by atoms with Crippen molar-refractivity contribution in [2.45, 2.75) is 57.1 Å². The van der Waals surface area contributed by atoms with Gasteiger partial charge in [-0.15, -0.1) is 0 Å². The molecular weight excluding hydrogens is 624 g/mol. The normalized spacial score (nSPS) is 12.5. The zero-order valence-electron chi connectivity index (χ0n) is 26.6. The fraction of sp³-hybridized carbons (Fsp3) is 0.278. The van der Waals surface area contributed by atoms with Gasteiger partial charge >= 0.3 is 0 Å². The molecule has 0 saturated heterocycles. The number of carbonyl (C=O) groups excluding carboxylic acids is 2. The first kappa shape index (κ1) is 35.1. The molecule has 0 aliphatic heterocycles. The number of anilines is 1. The summed E-state index contributed by atoms with van der Waals surface area (Å²) < 4.78 is 63.5. The predicted octanol–water partition coefficient (Wildman–Crippen LogP) is 6.11. The summed E-state index contributed by atoms with van der Waals surface area (Å²) in [6, 6.07) is 24.0. The van der Waals surface area contributed by atoms with E-state index in [0.29, 0.717) is 18.8 Å². The van der Waals surface area contributed by atoms with Crippen LogP contribution in [0.1, 0.15) is 38.3 Å². The molecule has 4 aromatic rings. The van der Waals surface area contributed by atoms with Crippen LogP contribution in [0.25, 0.3) is 0 Å². The average Bonchev–Trinajstić information content (AvgIpc) is 3.07. The largest absolute Gasteiger partial charge is 0.494 e. The van der Waals surface area contributed by atoms with Gasteiger partial charge in [-0.2, -0.15) is 0 Å². The molecule has 47 heavy (non-hydrogen) atoms. The Morgan fingerprint density at radius 1 is 0.851 bits per heavy atom. The highest BCUT2D eigenvalue weighted by Gasteiger charge is 2.35. The van der Waals surface area contributed by atoms with Gasteiger partial charge in [0, 0.05) is 24.6 Å². The molecule has 0 unspecified atom stereocenters. The minimum Gasteiger partial charge on any atom is -0.494 e. The van der Waals surface area contributed by atoms with Crippen LogP contribution in [0, 0.1) is 11.6 Å². The molecule has 8 nitrogen and oxygen atoms in total. The van der Waals surface area contributed by atoms with E-state index < -0.39 is 46.1 Å². The Hall–Kier alpha value is -4.77. The number of carbonyl (C=O) groups is 2. The van der Waals surface area contributed by atoms with Crippen molar-refractivity contribution in [3.63, 3.8) is 0 Å². The third kappa shape index (κ3) is 9.16. The monoisotopic (exact) mass is 663 g/mol. The van der Waals surface area contributed by atoms with Crippen LogP contribution in [0.15, 0.2) is 108 Å². The van der Waals surface area contributed by atoms with Crippen molar-refractivity contribution in [2.75, 3.05) is 17.5 Å². The summed E-state index contributed by atoms with van der Waals surface area (Å²) in [5.74, 6) is -1.93. The Bertz CT molecular complexity index is 1740. The Labute approximate surface area is 275 Å². The van der Waals surface area contributed by atoms with Crippen LogP contribution in [0.3, 0.4) is 0 Å². The molecule has 4 rings (SSSR count). The van der Waals surface area contributed by atoms with Crippen molar-refractivity contribution in [1.29, 1.82) is 0 Å². The van der Waals surface area contributed by atoms with E-state index >= 15 is 4.39 Å². The summed E-state index contributed by atoms with van der Waals surface area (Å²) in [5, 5.41) is 2.94. The summed E-state index contributed by atoms with van der Waals surface area (Å²) >= 11 is 0. The van der Waals surface area contributed by atoms with Gasteiger partial charge in [0.05, 0.1) is 17.2 Å². The van der Waals surface area contributed by atoms with E-state index in [4.69, 9.17) is 4.74 Å². The molecule has 4 aromatic carbocycles. The molecule has 0 aliphatic carbocycles. The molecule has 0 radical (unpaired) electrons. The van der Waals surface area contributed by atoms with Gasteiger partial charge in [-0.1, -0.05) is 55.5 Å². The summed E-state index contributed by atoms with van der Waals surface area (Å²) in [6.45, 7) is 4.86. The fourth-order valence-electron chi connectivity index (χ4n) is 4.94. The summed E-state index contributed by atoms with van der Waals surface area (Å²) in [5.41, 5.74) is 0.932. The first-order valence-corrected chi connectivity index (χ1v) is 16.9. The maximum Gasteiger partial charge on any atom is 0.264 e. The van der Waals surface area contributed by atoms with E-state index in [9.17, 15) is 22.4 Å². The Morgan fingerprint density at radius 2 is 1.49 bits per heavy atom. The van der Waals surface area contributed by atoms with Crippen molar-refractivity contribution in [2.24, 2.45) is 0 Å². The molecule has 0 fully saturated rings. The Kier molecular flexibility index (Phi) is 12.1. The molecule has 0 bridgehead atoms. The molecule has 0 aliphatic rings. The second-order valence-corrected chi connectivity index (χ2v) is 12.9. The van der Waals surface area contributed by atoms with Gasteiger partial charge in [-0.05, 0) is 80.4 Å². The lowest BCUT2D eigenvalue weighted by Crippen LogP contribution is -2.54. The molecule has 2 amide bonds. The third-order valence-corrected chi connectivity index (χ3v) is 9.47. The van der Waals surface area contributed by atoms with Crippen molar-refractivity contribution in [3.05, 3.63) is 126 Å². The Morgan fingerprint density at radius 3 is 2.11 bits per heavy atom. The summed E-state index contributed by atoms with van der Waals surface area (Å²) in [4.78, 5) is 29.4. The minimum atomic E-state index is -4.40. The number of amides is 2. The van der Waals surface area contributed by atoms with Crippen molar-refractivity contribution < 1.29 is 31.5 Å². The maximum absolute atomic E-state index is 15.0. The maximum atomic E-state index is 15.0. The zero-order chi connectivity index (χ0) is 34.0. The number of hydrogen-bond donors (Lipinski definition) is 1. The molecule has 11 heteroatoms. The van der Waals surface area contributed by atoms with Crippen LogP contribution in [0.2, 0.25) is 0 Å². The van der Waals surface area contributed by atoms with Gasteiger partial charge in [0.1, 0.15) is 30.0 Å². The van der Waals surface area contributed by atoms with Gasteiger partial charge < -0.3 is 15.0 Å². The number of sulfonamides is 1. The third-order valence-electron chi connectivity index (χ3n) is 7.69. The van der Waals surface area contributed by atoms with E-state index in [1.807, 2.05) is 44.2 Å². The highest BCUT2D eigenvalue weighted by atomic mass is 32.2. The summed E-state index contributed by atoms with van der Waals surface area (Å²) in [7, 11) is -4.40. The van der Waals surface area contributed by atoms with E-state index in [2.05, 4.69) is 5.32 Å². The second kappa shape index (κ2) is 16.2. The van der Waals surface area contributed by atoms with Crippen molar-refractivity contribution >= 4 is 27.5 Å². The van der Waals surface area contributed by atoms with Crippen LogP contribution in [-0.2, 0) is 32.6 Å². The predicted molar refractivity (Wildman–Crippen MR) is 177 cm³/mol. The van der Waals surface area contributed by atoms with Crippen LogP contribution in [0.4, 0.5) is 14.5 Å². The van der Waals surface area contributed by atoms with Gasteiger partial charge in [0.2, 0.25) is 11.8 Å². The summed E-state index contributed by atoms with van der Waals surface area (Å²) in [6.07, 6.45) is 0.717. The number of rotatable bonds is 15. The number of nitrogens with zero attached hydrogens (tertiary/aromatic N) is 2. The smallest absolute Gasteiger partial charge is 0.264 e. The molecule has 0 heterocycles. The van der Waals surface area contributed by atoms with Gasteiger partial charge in [-0.25, -0.2) is 17.2 Å². The molecule has 1 N–H and O–H groups in total. The molecule has 0 spiro atoms.